The zero-order chi connectivity index (χ0) is 23.9. The van der Waals surface area contributed by atoms with Gasteiger partial charge in [0.1, 0.15) is 25.4 Å². The topological polar surface area (TPSA) is 89.5 Å². The van der Waals surface area contributed by atoms with E-state index in [1.165, 1.54) is 0 Å². The van der Waals surface area contributed by atoms with Gasteiger partial charge in [-0.3, -0.25) is 0 Å². The highest BCUT2D eigenvalue weighted by Gasteiger charge is 2.51. The maximum absolute atomic E-state index is 12.5. The van der Waals surface area contributed by atoms with Crippen LogP contribution in [0.2, 0.25) is 12.6 Å². The average Bonchev–Trinajstić information content (AvgIpc) is 2.90. The van der Waals surface area contributed by atoms with Gasteiger partial charge < -0.3 is 28.1 Å². The highest BCUT2D eigenvalue weighted by molar-refractivity contribution is 6.45. The van der Waals surface area contributed by atoms with Gasteiger partial charge in [0, 0.05) is 0 Å². The molecular weight excluding hydrogens is 438 g/mol. The first-order chi connectivity index (χ1) is 16.6. The van der Waals surface area contributed by atoms with Crippen LogP contribution in [0.1, 0.15) is 34.6 Å². The molecule has 2 aliphatic rings. The number of carbonyl (C=O) groups excluding carboxylic acids is 2. The second kappa shape index (κ2) is 11.7. The van der Waals surface area contributed by atoms with Gasteiger partial charge in [0.25, 0.3) is 0 Å². The molecule has 2 saturated heterocycles. The van der Waals surface area contributed by atoms with Crippen LogP contribution in [-0.2, 0) is 28.1 Å². The van der Waals surface area contributed by atoms with Crippen molar-refractivity contribution in [1.29, 1.82) is 0 Å². The zero-order valence-corrected chi connectivity index (χ0v) is 19.3. The number of rotatable bonds is 8. The van der Waals surface area contributed by atoms with E-state index in [4.69, 9.17) is 28.1 Å². The Hall–Kier alpha value is -2.65. The number of esters is 2. The Balaban J connectivity index is 1.45. The number of ether oxygens (including phenoxy) is 2. The van der Waals surface area contributed by atoms with Crippen LogP contribution in [0.15, 0.2) is 60.7 Å². The molecule has 0 radical (unpaired) electrons. The van der Waals surface area contributed by atoms with Gasteiger partial charge >= 0.3 is 26.2 Å². The molecule has 2 fully saturated rings. The molecule has 0 saturated carbocycles. The molecule has 0 bridgehead atoms. The van der Waals surface area contributed by atoms with Crippen molar-refractivity contribution in [3.63, 3.8) is 0 Å². The van der Waals surface area contributed by atoms with E-state index in [-0.39, 0.29) is 13.2 Å². The normalized spacial score (nSPS) is 24.3. The largest absolute Gasteiger partial charge is 0.459 e. The predicted molar refractivity (Wildman–Crippen MR) is 125 cm³/mol. The van der Waals surface area contributed by atoms with Crippen molar-refractivity contribution < 1.29 is 37.7 Å². The Kier molecular flexibility index (Phi) is 8.39. The molecule has 0 aliphatic carbocycles. The monoisotopic (exact) mass is 466 g/mol. The number of carbonyl (C=O) groups is 2. The van der Waals surface area contributed by atoms with Crippen molar-refractivity contribution in [3.05, 3.63) is 71.8 Å². The molecule has 4 rings (SSSR count). The Morgan fingerprint density at radius 2 is 1.06 bits per heavy atom. The molecule has 34 heavy (non-hydrogen) atoms. The Labute approximate surface area is 200 Å². The Bertz CT molecular complexity index is 867. The molecule has 0 N–H and O–H groups in total. The van der Waals surface area contributed by atoms with Crippen LogP contribution in [0.3, 0.4) is 0 Å². The minimum absolute atomic E-state index is 0.00170. The first-order valence-corrected chi connectivity index (χ1v) is 11.6. The van der Waals surface area contributed by atoms with E-state index in [0.29, 0.717) is 23.8 Å². The van der Waals surface area contributed by atoms with Crippen molar-refractivity contribution in [2.45, 2.75) is 50.9 Å². The first kappa shape index (κ1) is 24.5. The summed E-state index contributed by atoms with van der Waals surface area (Å²) in [6.07, 6.45) is -1.04. The summed E-state index contributed by atoms with van der Waals surface area (Å²) < 4.78 is 35.4. The second-order valence-electron chi connectivity index (χ2n) is 8.16. The minimum atomic E-state index is -0.554. The van der Waals surface area contributed by atoms with E-state index in [1.54, 1.807) is 48.5 Å². The van der Waals surface area contributed by atoms with Crippen molar-refractivity contribution in [1.82, 2.24) is 0 Å². The third kappa shape index (κ3) is 5.88. The molecule has 178 valence electrons. The lowest BCUT2D eigenvalue weighted by Gasteiger charge is -2.48. The fraction of sp³-hybridized carbons (Fsp3) is 0.417. The maximum atomic E-state index is 12.5. The molecule has 2 heterocycles. The van der Waals surface area contributed by atoms with Gasteiger partial charge in [-0.15, -0.1) is 0 Å². The summed E-state index contributed by atoms with van der Waals surface area (Å²) in [6, 6.07) is 17.6. The Morgan fingerprint density at radius 3 is 1.41 bits per heavy atom. The summed E-state index contributed by atoms with van der Waals surface area (Å²) in [4.78, 5) is 24.9. The molecule has 2 aromatic rings. The summed E-state index contributed by atoms with van der Waals surface area (Å²) in [7, 11) is -1.06. The first-order valence-electron chi connectivity index (χ1n) is 11.6. The Morgan fingerprint density at radius 1 is 0.676 bits per heavy atom. The van der Waals surface area contributed by atoms with Gasteiger partial charge in [-0.1, -0.05) is 50.2 Å². The van der Waals surface area contributed by atoms with Crippen LogP contribution in [0, 0.1) is 0 Å². The summed E-state index contributed by atoms with van der Waals surface area (Å²) in [5.74, 6) is -0.875. The SMILES string of the molecule is CCB1OC(COC(=O)c2ccccc2)C2OB(CC)OC(COC(=O)c3ccccc3)C2O1. The maximum Gasteiger partial charge on any atom is 0.457 e. The number of fused-ring (bicyclic) bond motifs is 1. The van der Waals surface area contributed by atoms with Crippen LogP contribution >= 0.6 is 0 Å². The molecule has 0 amide bonds. The molecule has 8 nitrogen and oxygen atoms in total. The van der Waals surface area contributed by atoms with Gasteiger partial charge in [-0.25, -0.2) is 9.59 Å². The van der Waals surface area contributed by atoms with Crippen molar-refractivity contribution >= 4 is 26.2 Å². The average molecular weight is 466 g/mol. The van der Waals surface area contributed by atoms with E-state index in [0.717, 1.165) is 0 Å². The number of hydrogen-bond acceptors (Lipinski definition) is 8. The molecule has 0 aromatic heterocycles. The van der Waals surface area contributed by atoms with E-state index in [2.05, 4.69) is 0 Å². The highest BCUT2D eigenvalue weighted by Crippen LogP contribution is 2.31. The smallest absolute Gasteiger partial charge is 0.457 e. The van der Waals surface area contributed by atoms with E-state index >= 15 is 0 Å². The third-order valence-electron chi connectivity index (χ3n) is 5.77. The molecular formula is C24H28B2O8. The fourth-order valence-corrected chi connectivity index (χ4v) is 4.00. The third-order valence-corrected chi connectivity index (χ3v) is 5.77. The predicted octanol–water partition coefficient (Wildman–Crippen LogP) is 3.28. The summed E-state index contributed by atoms with van der Waals surface area (Å²) >= 11 is 0. The van der Waals surface area contributed by atoms with Crippen LogP contribution in [-0.4, -0.2) is 63.8 Å². The van der Waals surface area contributed by atoms with E-state index in [9.17, 15) is 9.59 Å². The second-order valence-corrected chi connectivity index (χ2v) is 8.16. The van der Waals surface area contributed by atoms with Crippen LogP contribution < -0.4 is 0 Å². The molecule has 4 unspecified atom stereocenters. The summed E-state index contributed by atoms with van der Waals surface area (Å²) in [5.41, 5.74) is 0.923. The molecule has 2 aliphatic heterocycles. The van der Waals surface area contributed by atoms with Gasteiger partial charge in [0.05, 0.1) is 23.3 Å². The molecule has 10 heteroatoms. The van der Waals surface area contributed by atoms with Gasteiger partial charge in [-0.05, 0) is 36.9 Å². The van der Waals surface area contributed by atoms with Crippen LogP contribution in [0.4, 0.5) is 0 Å². The standard InChI is InChI=1S/C24H28B2O8/c1-3-25-31-19(15-29-23(27)17-11-7-5-8-12-17)22-21(33-25)20(32-26(4-2)34-22)16-30-24(28)18-13-9-6-10-14-18/h5-14,19-22H,3-4,15-16H2,1-2H3. The summed E-state index contributed by atoms with van der Waals surface area (Å²) in [5, 5.41) is 0. The quantitative estimate of drug-likeness (QED) is 0.433. The molecule has 4 atom stereocenters. The zero-order valence-electron chi connectivity index (χ0n) is 19.3. The lowest BCUT2D eigenvalue weighted by molar-refractivity contribution is -0.171. The number of benzene rings is 2. The lowest BCUT2D eigenvalue weighted by Crippen LogP contribution is -2.65. The van der Waals surface area contributed by atoms with Crippen molar-refractivity contribution in [2.75, 3.05) is 13.2 Å². The lowest BCUT2D eigenvalue weighted by atomic mass is 9.77. The van der Waals surface area contributed by atoms with Crippen molar-refractivity contribution in [2.24, 2.45) is 0 Å². The minimum Gasteiger partial charge on any atom is -0.459 e. The van der Waals surface area contributed by atoms with Crippen molar-refractivity contribution in [3.8, 4) is 0 Å². The molecule has 2 aromatic carbocycles. The van der Waals surface area contributed by atoms with Gasteiger partial charge in [0.2, 0.25) is 0 Å². The summed E-state index contributed by atoms with van der Waals surface area (Å²) in [6.45, 7) is 3.87. The highest BCUT2D eigenvalue weighted by atomic mass is 16.7. The van der Waals surface area contributed by atoms with E-state index < -0.39 is 50.6 Å². The van der Waals surface area contributed by atoms with Crippen LogP contribution in [0.25, 0.3) is 0 Å². The van der Waals surface area contributed by atoms with E-state index in [1.807, 2.05) is 26.0 Å². The van der Waals surface area contributed by atoms with Crippen LogP contribution in [0.5, 0.6) is 0 Å². The number of hydrogen-bond donors (Lipinski definition) is 0. The van der Waals surface area contributed by atoms with Gasteiger partial charge in [0.15, 0.2) is 0 Å². The fourth-order valence-electron chi connectivity index (χ4n) is 4.00. The van der Waals surface area contributed by atoms with Gasteiger partial charge in [-0.2, -0.15) is 0 Å². The molecule has 0 spiro atoms.